The van der Waals surface area contributed by atoms with Gasteiger partial charge in [-0.15, -0.1) is 0 Å². The number of nitrogens with zero attached hydrogens (tertiary/aromatic N) is 2. The predicted molar refractivity (Wildman–Crippen MR) is 71.2 cm³/mol. The third-order valence-electron chi connectivity index (χ3n) is 3.43. The van der Waals surface area contributed by atoms with Crippen molar-refractivity contribution in [2.45, 2.75) is 25.9 Å². The van der Waals surface area contributed by atoms with Gasteiger partial charge in [0.2, 0.25) is 0 Å². The van der Waals surface area contributed by atoms with Crippen LogP contribution in [0.3, 0.4) is 0 Å². The summed E-state index contributed by atoms with van der Waals surface area (Å²) in [5.41, 5.74) is 0. The minimum Gasteiger partial charge on any atom is -0.301 e. The first kappa shape index (κ1) is 16.1. The van der Waals surface area contributed by atoms with Gasteiger partial charge in [-0.3, -0.25) is 4.90 Å². The topological polar surface area (TPSA) is 6.48 Å². The average Bonchev–Trinajstić information content (AvgIpc) is 2.26. The van der Waals surface area contributed by atoms with E-state index < -0.39 is 12.7 Å². The van der Waals surface area contributed by atoms with E-state index in [0.29, 0.717) is 19.0 Å². The molecular weight excluding hydrogens is 261 g/mol. The van der Waals surface area contributed by atoms with Crippen LogP contribution in [0.2, 0.25) is 0 Å². The van der Waals surface area contributed by atoms with Gasteiger partial charge in [0.05, 0.1) is 6.54 Å². The van der Waals surface area contributed by atoms with Crippen molar-refractivity contribution in [1.82, 2.24) is 9.80 Å². The summed E-state index contributed by atoms with van der Waals surface area (Å²) >= 11 is 4.20. The van der Waals surface area contributed by atoms with E-state index in [1.54, 1.807) is 0 Å². The molecule has 0 aromatic heterocycles. The SMILES string of the molecule is CC(CCS)CCN1CCN(CC(F)(F)F)CC1. The predicted octanol–water partition coefficient (Wildman–Crippen LogP) is 2.51. The molecule has 0 saturated carbocycles. The second-order valence-electron chi connectivity index (χ2n) is 5.14. The molecule has 0 aliphatic carbocycles. The van der Waals surface area contributed by atoms with Gasteiger partial charge in [-0.25, -0.2) is 0 Å². The Morgan fingerprint density at radius 3 is 2.11 bits per heavy atom. The number of hydrogen-bond donors (Lipinski definition) is 1. The lowest BCUT2D eigenvalue weighted by molar-refractivity contribution is -0.149. The van der Waals surface area contributed by atoms with Crippen molar-refractivity contribution in [3.8, 4) is 0 Å². The van der Waals surface area contributed by atoms with Gasteiger partial charge in [-0.1, -0.05) is 6.92 Å². The maximum Gasteiger partial charge on any atom is 0.401 e. The Kier molecular flexibility index (Phi) is 6.81. The van der Waals surface area contributed by atoms with Gasteiger partial charge >= 0.3 is 6.18 Å². The van der Waals surface area contributed by atoms with Gasteiger partial charge in [0.15, 0.2) is 0 Å². The maximum absolute atomic E-state index is 12.2. The van der Waals surface area contributed by atoms with Crippen LogP contribution in [0.25, 0.3) is 0 Å². The molecule has 1 atom stereocenters. The summed E-state index contributed by atoms with van der Waals surface area (Å²) in [5.74, 6) is 1.55. The first-order valence-corrected chi connectivity index (χ1v) is 7.16. The van der Waals surface area contributed by atoms with Gasteiger partial charge < -0.3 is 4.90 Å². The lowest BCUT2D eigenvalue weighted by atomic mass is 10.0. The Bertz CT molecular complexity index is 228. The highest BCUT2D eigenvalue weighted by atomic mass is 32.1. The molecule has 1 saturated heterocycles. The molecule has 2 nitrogen and oxygen atoms in total. The molecule has 1 fully saturated rings. The van der Waals surface area contributed by atoms with Gasteiger partial charge in [-0.05, 0) is 31.1 Å². The number of rotatable bonds is 6. The molecule has 1 rings (SSSR count). The van der Waals surface area contributed by atoms with Crippen molar-refractivity contribution in [3.05, 3.63) is 0 Å². The summed E-state index contributed by atoms with van der Waals surface area (Å²) < 4.78 is 36.6. The molecular formula is C12H23F3N2S. The van der Waals surface area contributed by atoms with Crippen molar-refractivity contribution in [3.63, 3.8) is 0 Å². The summed E-state index contributed by atoms with van der Waals surface area (Å²) in [7, 11) is 0. The second-order valence-corrected chi connectivity index (χ2v) is 5.59. The van der Waals surface area contributed by atoms with Gasteiger partial charge in [0.1, 0.15) is 0 Å². The molecule has 0 aromatic rings. The van der Waals surface area contributed by atoms with Crippen LogP contribution >= 0.6 is 12.6 Å². The zero-order valence-electron chi connectivity index (χ0n) is 10.9. The highest BCUT2D eigenvalue weighted by Crippen LogP contribution is 2.18. The van der Waals surface area contributed by atoms with Crippen LogP contribution in [0.5, 0.6) is 0 Å². The van der Waals surface area contributed by atoms with Crippen LogP contribution in [0.15, 0.2) is 0 Å². The molecule has 1 aliphatic rings. The molecule has 108 valence electrons. The van der Waals surface area contributed by atoms with Crippen molar-refractivity contribution in [2.24, 2.45) is 5.92 Å². The first-order valence-electron chi connectivity index (χ1n) is 6.53. The van der Waals surface area contributed by atoms with Crippen molar-refractivity contribution >= 4 is 12.6 Å². The molecule has 1 unspecified atom stereocenters. The van der Waals surface area contributed by atoms with E-state index in [4.69, 9.17) is 0 Å². The van der Waals surface area contributed by atoms with E-state index in [0.717, 1.165) is 38.2 Å². The fraction of sp³-hybridized carbons (Fsp3) is 1.00. The standard InChI is InChI=1S/C12H23F3N2S/c1-11(3-9-18)2-4-16-5-7-17(8-6-16)10-12(13,14)15/h11,18H,2-10H2,1H3. The van der Waals surface area contributed by atoms with Crippen LogP contribution in [0.4, 0.5) is 13.2 Å². The first-order chi connectivity index (χ1) is 8.40. The molecule has 0 aromatic carbocycles. The summed E-state index contributed by atoms with van der Waals surface area (Å²) in [6, 6.07) is 0. The quantitative estimate of drug-likeness (QED) is 0.749. The van der Waals surface area contributed by atoms with E-state index >= 15 is 0 Å². The highest BCUT2D eigenvalue weighted by Gasteiger charge is 2.31. The number of piperazine rings is 1. The Balaban J connectivity index is 2.15. The molecule has 0 N–H and O–H groups in total. The maximum atomic E-state index is 12.2. The molecule has 18 heavy (non-hydrogen) atoms. The van der Waals surface area contributed by atoms with E-state index in [1.807, 2.05) is 0 Å². The van der Waals surface area contributed by atoms with Crippen LogP contribution < -0.4 is 0 Å². The minimum atomic E-state index is -4.07. The van der Waals surface area contributed by atoms with E-state index in [-0.39, 0.29) is 0 Å². The van der Waals surface area contributed by atoms with Gasteiger partial charge in [0, 0.05) is 26.2 Å². The van der Waals surface area contributed by atoms with Crippen LogP contribution in [-0.2, 0) is 0 Å². The van der Waals surface area contributed by atoms with Gasteiger partial charge in [-0.2, -0.15) is 25.8 Å². The number of thiol groups is 1. The molecule has 0 spiro atoms. The smallest absolute Gasteiger partial charge is 0.301 e. The Morgan fingerprint density at radius 2 is 1.61 bits per heavy atom. The molecule has 0 bridgehead atoms. The van der Waals surface area contributed by atoms with Crippen molar-refractivity contribution < 1.29 is 13.2 Å². The lowest BCUT2D eigenvalue weighted by Gasteiger charge is -2.35. The highest BCUT2D eigenvalue weighted by molar-refractivity contribution is 7.80. The Morgan fingerprint density at radius 1 is 1.06 bits per heavy atom. The summed E-state index contributed by atoms with van der Waals surface area (Å²) in [4.78, 5) is 3.76. The van der Waals surface area contributed by atoms with Crippen LogP contribution in [0.1, 0.15) is 19.8 Å². The van der Waals surface area contributed by atoms with E-state index in [2.05, 4.69) is 24.5 Å². The minimum absolute atomic E-state index is 0.528. The largest absolute Gasteiger partial charge is 0.401 e. The zero-order valence-corrected chi connectivity index (χ0v) is 11.8. The van der Waals surface area contributed by atoms with Crippen molar-refractivity contribution in [2.75, 3.05) is 45.0 Å². The van der Waals surface area contributed by atoms with Crippen molar-refractivity contribution in [1.29, 1.82) is 0 Å². The Labute approximate surface area is 113 Å². The average molecular weight is 284 g/mol. The molecule has 1 heterocycles. The normalized spacial score (nSPS) is 21.2. The third kappa shape index (κ3) is 6.85. The molecule has 6 heteroatoms. The fourth-order valence-corrected chi connectivity index (χ4v) is 2.63. The summed E-state index contributed by atoms with van der Waals surface area (Å²) in [6.07, 6.45) is -1.85. The van der Waals surface area contributed by atoms with Crippen LogP contribution in [-0.4, -0.2) is 61.0 Å². The van der Waals surface area contributed by atoms with E-state index in [1.165, 1.54) is 4.90 Å². The summed E-state index contributed by atoms with van der Waals surface area (Å²) in [6.45, 7) is 5.00. The zero-order chi connectivity index (χ0) is 13.6. The lowest BCUT2D eigenvalue weighted by Crippen LogP contribution is -2.49. The summed E-state index contributed by atoms with van der Waals surface area (Å²) in [5, 5.41) is 0. The fourth-order valence-electron chi connectivity index (χ4n) is 2.19. The number of halogens is 3. The second kappa shape index (κ2) is 7.60. The third-order valence-corrected chi connectivity index (χ3v) is 3.69. The molecule has 0 amide bonds. The van der Waals surface area contributed by atoms with E-state index in [9.17, 15) is 13.2 Å². The monoisotopic (exact) mass is 284 g/mol. The van der Waals surface area contributed by atoms with Gasteiger partial charge in [0.25, 0.3) is 0 Å². The Hall–Kier alpha value is 0.0600. The number of alkyl halides is 3. The molecule has 1 aliphatic heterocycles. The molecule has 0 radical (unpaired) electrons. The number of hydrogen-bond acceptors (Lipinski definition) is 3. The van der Waals surface area contributed by atoms with Crippen LogP contribution in [0, 0.1) is 5.92 Å².